The molecule has 2 aromatic carbocycles. The molecule has 8 heteroatoms. The number of amidine groups is 1. The maximum absolute atomic E-state index is 13.7. The van der Waals surface area contributed by atoms with Crippen LogP contribution >= 0.6 is 0 Å². The quantitative estimate of drug-likeness (QED) is 0.680. The van der Waals surface area contributed by atoms with Crippen LogP contribution in [-0.4, -0.2) is 32.6 Å². The summed E-state index contributed by atoms with van der Waals surface area (Å²) in [5.41, 5.74) is 2.36. The van der Waals surface area contributed by atoms with Crippen molar-refractivity contribution < 1.29 is 23.7 Å². The zero-order valence-corrected chi connectivity index (χ0v) is 20.2. The van der Waals surface area contributed by atoms with Crippen LogP contribution in [-0.2, 0) is 4.79 Å². The lowest BCUT2D eigenvalue weighted by molar-refractivity contribution is -0.118. The van der Waals surface area contributed by atoms with E-state index in [1.165, 1.54) is 0 Å². The summed E-state index contributed by atoms with van der Waals surface area (Å²) in [6.45, 7) is 4.23. The van der Waals surface area contributed by atoms with Crippen LogP contribution in [0, 0.1) is 28.1 Å². The molecule has 5 rings (SSSR count). The molecule has 0 amide bonds. The summed E-state index contributed by atoms with van der Waals surface area (Å²) in [5.74, 6) is 0.937. The maximum Gasteiger partial charge on any atom is 0.231 e. The smallest absolute Gasteiger partial charge is 0.231 e. The monoisotopic (exact) mass is 473 g/mol. The van der Waals surface area contributed by atoms with E-state index in [2.05, 4.69) is 6.07 Å². The summed E-state index contributed by atoms with van der Waals surface area (Å²) in [5, 5.41) is 19.5. The predicted octanol–water partition coefficient (Wildman–Crippen LogP) is 4.80. The molecule has 2 unspecified atom stereocenters. The lowest BCUT2D eigenvalue weighted by atomic mass is 9.66. The van der Waals surface area contributed by atoms with Gasteiger partial charge in [0.15, 0.2) is 17.3 Å². The van der Waals surface area contributed by atoms with Crippen molar-refractivity contribution in [3.8, 4) is 29.1 Å². The first-order valence-electron chi connectivity index (χ1n) is 11.4. The first-order chi connectivity index (χ1) is 16.8. The van der Waals surface area contributed by atoms with Crippen molar-refractivity contribution in [2.24, 2.45) is 11.3 Å². The minimum absolute atomic E-state index is 0.0101. The third kappa shape index (κ3) is 3.68. The molecule has 0 radical (unpaired) electrons. The van der Waals surface area contributed by atoms with Crippen molar-refractivity contribution in [2.45, 2.75) is 32.6 Å². The second kappa shape index (κ2) is 8.35. The largest absolute Gasteiger partial charge is 0.497 e. The lowest BCUT2D eigenvalue weighted by Gasteiger charge is -2.46. The Bertz CT molecular complexity index is 1310. The van der Waals surface area contributed by atoms with E-state index in [-0.39, 0.29) is 23.8 Å². The van der Waals surface area contributed by atoms with Gasteiger partial charge in [0.1, 0.15) is 23.3 Å². The van der Waals surface area contributed by atoms with E-state index in [0.717, 1.165) is 11.3 Å². The summed E-state index contributed by atoms with van der Waals surface area (Å²) >= 11 is 0. The molecule has 2 heterocycles. The zero-order chi connectivity index (χ0) is 24.9. The fraction of sp³-hybridized carbons (Fsp3) is 0.370. The molecule has 0 bridgehead atoms. The highest BCUT2D eigenvalue weighted by atomic mass is 16.7. The summed E-state index contributed by atoms with van der Waals surface area (Å²) < 4.78 is 22.0. The number of nitrogens with zero attached hydrogens (tertiary/aromatic N) is 2. The zero-order valence-electron chi connectivity index (χ0n) is 20.2. The van der Waals surface area contributed by atoms with Gasteiger partial charge in [-0.1, -0.05) is 19.9 Å². The Morgan fingerprint density at radius 3 is 2.57 bits per heavy atom. The second-order valence-electron chi connectivity index (χ2n) is 9.76. The number of fused-ring (bicyclic) bond motifs is 1. The number of methoxy groups -OCH3 is 2. The first-order valence-corrected chi connectivity index (χ1v) is 11.4. The van der Waals surface area contributed by atoms with Crippen molar-refractivity contribution in [2.75, 3.05) is 25.9 Å². The van der Waals surface area contributed by atoms with E-state index >= 15 is 0 Å². The number of nitriles is 1. The molecular weight excluding hydrogens is 446 g/mol. The van der Waals surface area contributed by atoms with Gasteiger partial charge in [-0.2, -0.15) is 5.26 Å². The van der Waals surface area contributed by atoms with Crippen molar-refractivity contribution in [3.63, 3.8) is 0 Å². The average molecular weight is 474 g/mol. The van der Waals surface area contributed by atoms with Gasteiger partial charge in [0.2, 0.25) is 6.79 Å². The van der Waals surface area contributed by atoms with Gasteiger partial charge in [-0.05, 0) is 41.7 Å². The number of ketones is 1. The van der Waals surface area contributed by atoms with Crippen LogP contribution < -0.4 is 23.8 Å². The molecule has 3 aliphatic rings. The topological polar surface area (TPSA) is 105 Å². The molecule has 2 aromatic rings. The normalized spacial score (nSPS) is 22.5. The molecule has 2 aliphatic heterocycles. The molecule has 0 aromatic heterocycles. The van der Waals surface area contributed by atoms with E-state index in [9.17, 15) is 15.5 Å². The fourth-order valence-corrected chi connectivity index (χ4v) is 5.31. The third-order valence-corrected chi connectivity index (χ3v) is 6.87. The average Bonchev–Trinajstić information content (AvgIpc) is 3.30. The number of carbonyl (C=O) groups excluding carboxylic acids is 1. The van der Waals surface area contributed by atoms with Gasteiger partial charge in [-0.3, -0.25) is 15.1 Å². The highest BCUT2D eigenvalue weighted by Gasteiger charge is 2.48. The number of nitrogens with one attached hydrogen (secondary N) is 1. The molecule has 1 N–H and O–H groups in total. The SMILES string of the molecule is COc1ccc(N2C(=N)C(C#N)C(c3ccc4c(c3)OCO4)C3=C2CC(C)(C)CC3=O)c(OC)c1. The van der Waals surface area contributed by atoms with E-state index < -0.39 is 11.8 Å². The van der Waals surface area contributed by atoms with Crippen LogP contribution in [0.2, 0.25) is 0 Å². The van der Waals surface area contributed by atoms with E-state index in [1.807, 2.05) is 26.0 Å². The molecule has 0 saturated carbocycles. The Labute approximate surface area is 204 Å². The van der Waals surface area contributed by atoms with Crippen molar-refractivity contribution in [3.05, 3.63) is 53.2 Å². The first kappa shape index (κ1) is 22.8. The van der Waals surface area contributed by atoms with E-state index in [0.29, 0.717) is 47.1 Å². The number of ether oxygens (including phenoxy) is 4. The van der Waals surface area contributed by atoms with Gasteiger partial charge in [-0.15, -0.1) is 0 Å². The lowest BCUT2D eigenvalue weighted by Crippen LogP contribution is -2.48. The predicted molar refractivity (Wildman–Crippen MR) is 129 cm³/mol. The van der Waals surface area contributed by atoms with Crippen LogP contribution in [0.3, 0.4) is 0 Å². The highest BCUT2D eigenvalue weighted by Crippen LogP contribution is 2.52. The molecule has 0 fully saturated rings. The molecule has 2 atom stereocenters. The number of benzene rings is 2. The Balaban J connectivity index is 1.74. The number of hydrogen-bond acceptors (Lipinski definition) is 7. The summed E-state index contributed by atoms with van der Waals surface area (Å²) in [6, 6.07) is 13.1. The van der Waals surface area contributed by atoms with Gasteiger partial charge in [-0.25, -0.2) is 0 Å². The van der Waals surface area contributed by atoms with Gasteiger partial charge < -0.3 is 18.9 Å². The fourth-order valence-electron chi connectivity index (χ4n) is 5.31. The molecule has 35 heavy (non-hydrogen) atoms. The molecular formula is C27H27N3O5. The minimum atomic E-state index is -0.883. The number of anilines is 1. The van der Waals surface area contributed by atoms with Gasteiger partial charge in [0.05, 0.1) is 26.0 Å². The number of hydrogen-bond donors (Lipinski definition) is 1. The van der Waals surface area contributed by atoms with E-state index in [1.54, 1.807) is 43.4 Å². The number of Topliss-reactive ketones (excluding diaryl/α,β-unsaturated/α-hetero) is 1. The second-order valence-corrected chi connectivity index (χ2v) is 9.76. The van der Waals surface area contributed by atoms with Crippen molar-refractivity contribution in [1.29, 1.82) is 10.7 Å². The van der Waals surface area contributed by atoms with Crippen molar-refractivity contribution >= 4 is 17.3 Å². The highest BCUT2D eigenvalue weighted by molar-refractivity contribution is 6.11. The third-order valence-electron chi connectivity index (χ3n) is 6.87. The Morgan fingerprint density at radius 2 is 1.86 bits per heavy atom. The van der Waals surface area contributed by atoms with Crippen LogP contribution in [0.1, 0.15) is 38.2 Å². The summed E-state index contributed by atoms with van der Waals surface area (Å²) in [7, 11) is 3.12. The van der Waals surface area contributed by atoms with Crippen molar-refractivity contribution in [1.82, 2.24) is 0 Å². The van der Waals surface area contributed by atoms with Gasteiger partial charge in [0.25, 0.3) is 0 Å². The standard InChI is InChI=1S/C27H27N3O5/c1-27(2)11-19-25(20(31)12-27)24(15-5-8-21-23(9-15)35-14-34-21)17(13-28)26(29)30(19)18-7-6-16(32-3)10-22(18)33-4/h5-10,17,24,29H,11-12,14H2,1-4H3. The van der Waals surface area contributed by atoms with E-state index in [4.69, 9.17) is 18.9 Å². The number of rotatable bonds is 4. The summed E-state index contributed by atoms with van der Waals surface area (Å²) in [4.78, 5) is 15.4. The summed E-state index contributed by atoms with van der Waals surface area (Å²) in [6.07, 6.45) is 0.941. The molecule has 0 spiro atoms. The minimum Gasteiger partial charge on any atom is -0.497 e. The molecule has 180 valence electrons. The molecule has 1 aliphatic carbocycles. The van der Waals surface area contributed by atoms with Gasteiger partial charge in [0, 0.05) is 29.7 Å². The van der Waals surface area contributed by atoms with Crippen LogP contribution in [0.15, 0.2) is 47.7 Å². The molecule has 8 nitrogen and oxygen atoms in total. The maximum atomic E-state index is 13.7. The Kier molecular flexibility index (Phi) is 5.43. The Morgan fingerprint density at radius 1 is 1.09 bits per heavy atom. The van der Waals surface area contributed by atoms with Crippen LogP contribution in [0.5, 0.6) is 23.0 Å². The van der Waals surface area contributed by atoms with Crippen LogP contribution in [0.4, 0.5) is 5.69 Å². The number of carbonyl (C=O) groups is 1. The molecule has 0 saturated heterocycles. The van der Waals surface area contributed by atoms with Gasteiger partial charge >= 0.3 is 0 Å². The Hall–Kier alpha value is -3.99. The van der Waals surface area contributed by atoms with Crippen LogP contribution in [0.25, 0.3) is 0 Å². The number of allylic oxidation sites excluding steroid dienone is 2.